The van der Waals surface area contributed by atoms with Crippen LogP contribution in [0.25, 0.3) is 10.8 Å². The smallest absolute Gasteiger partial charge is 0.305 e. The molecule has 0 aromatic heterocycles. The van der Waals surface area contributed by atoms with Crippen LogP contribution in [0.15, 0.2) is 36.4 Å². The zero-order valence-corrected chi connectivity index (χ0v) is 14.1. The molecule has 1 aliphatic rings. The zero-order chi connectivity index (χ0) is 17.9. The third-order valence-corrected chi connectivity index (χ3v) is 4.53. The minimum atomic E-state index is -0.944. The van der Waals surface area contributed by atoms with Crippen LogP contribution in [0.3, 0.4) is 0 Å². The molecule has 1 saturated heterocycles. The first-order valence-electron chi connectivity index (χ1n) is 8.17. The number of ether oxygens (including phenoxy) is 2. The average Bonchev–Trinajstić information content (AvgIpc) is 3.01. The predicted molar refractivity (Wildman–Crippen MR) is 92.8 cm³/mol. The van der Waals surface area contributed by atoms with Gasteiger partial charge in [-0.3, -0.25) is 9.59 Å². The monoisotopic (exact) mass is 343 g/mol. The summed E-state index contributed by atoms with van der Waals surface area (Å²) < 4.78 is 10.6. The van der Waals surface area contributed by atoms with Crippen molar-refractivity contribution >= 4 is 22.6 Å². The molecule has 2 aromatic rings. The van der Waals surface area contributed by atoms with Gasteiger partial charge in [0.2, 0.25) is 5.91 Å². The van der Waals surface area contributed by atoms with Crippen molar-refractivity contribution in [2.75, 3.05) is 20.3 Å². The molecule has 3 rings (SSSR count). The lowest BCUT2D eigenvalue weighted by Gasteiger charge is -2.27. The van der Waals surface area contributed by atoms with E-state index in [4.69, 9.17) is 14.6 Å². The summed E-state index contributed by atoms with van der Waals surface area (Å²) >= 11 is 0. The summed E-state index contributed by atoms with van der Waals surface area (Å²) in [6.07, 6.45) is 0.544. The number of fused-ring (bicyclic) bond motifs is 1. The van der Waals surface area contributed by atoms with Crippen molar-refractivity contribution in [1.29, 1.82) is 0 Å². The van der Waals surface area contributed by atoms with Crippen LogP contribution >= 0.6 is 0 Å². The Bertz CT molecular complexity index is 796. The molecule has 25 heavy (non-hydrogen) atoms. The zero-order valence-electron chi connectivity index (χ0n) is 14.1. The Hall–Kier alpha value is -2.60. The summed E-state index contributed by atoms with van der Waals surface area (Å²) in [7, 11) is 1.60. The number of amides is 1. The second-order valence-electron chi connectivity index (χ2n) is 6.38. The third kappa shape index (κ3) is 3.91. The van der Waals surface area contributed by atoms with Gasteiger partial charge in [-0.15, -0.1) is 0 Å². The first-order chi connectivity index (χ1) is 12.0. The fraction of sp³-hybridized carbons (Fsp3) is 0.368. The number of nitrogens with one attached hydrogen (secondary N) is 1. The van der Waals surface area contributed by atoms with Crippen LogP contribution < -0.4 is 10.1 Å². The first kappa shape index (κ1) is 17.2. The van der Waals surface area contributed by atoms with E-state index in [-0.39, 0.29) is 25.4 Å². The lowest BCUT2D eigenvalue weighted by molar-refractivity contribution is -0.139. The first-order valence-corrected chi connectivity index (χ1v) is 8.17. The fourth-order valence-corrected chi connectivity index (χ4v) is 3.29. The number of rotatable bonds is 6. The molecule has 0 spiro atoms. The van der Waals surface area contributed by atoms with Crippen LogP contribution in [0.1, 0.15) is 18.4 Å². The molecule has 0 bridgehead atoms. The quantitative estimate of drug-likeness (QED) is 0.839. The summed E-state index contributed by atoms with van der Waals surface area (Å²) in [6.45, 7) is 0.688. The number of carboxylic acid groups (broad SMARTS) is 1. The molecule has 2 aromatic carbocycles. The molecule has 1 fully saturated rings. The van der Waals surface area contributed by atoms with Crippen molar-refractivity contribution in [2.24, 2.45) is 0 Å². The summed E-state index contributed by atoms with van der Waals surface area (Å²) in [6, 6.07) is 11.5. The number of carbonyl (C=O) groups excluding carboxylic acids is 1. The normalized spacial score (nSPS) is 19.7. The van der Waals surface area contributed by atoms with Gasteiger partial charge in [0.25, 0.3) is 0 Å². The molecule has 1 heterocycles. The molecule has 132 valence electrons. The number of carbonyl (C=O) groups is 2. The second-order valence-corrected chi connectivity index (χ2v) is 6.38. The Labute approximate surface area is 145 Å². The highest BCUT2D eigenvalue weighted by Crippen LogP contribution is 2.26. The summed E-state index contributed by atoms with van der Waals surface area (Å²) in [5, 5.41) is 14.0. The largest absolute Gasteiger partial charge is 0.497 e. The van der Waals surface area contributed by atoms with Gasteiger partial charge in [-0.05, 0) is 34.9 Å². The van der Waals surface area contributed by atoms with E-state index >= 15 is 0 Å². The van der Waals surface area contributed by atoms with E-state index in [1.54, 1.807) is 7.11 Å². The van der Waals surface area contributed by atoms with E-state index in [0.717, 1.165) is 22.1 Å². The highest BCUT2D eigenvalue weighted by atomic mass is 16.5. The van der Waals surface area contributed by atoms with Crippen molar-refractivity contribution in [2.45, 2.75) is 24.8 Å². The van der Waals surface area contributed by atoms with Crippen molar-refractivity contribution < 1.29 is 24.2 Å². The summed E-state index contributed by atoms with van der Waals surface area (Å²) in [5.74, 6) is -0.422. The Morgan fingerprint density at radius 3 is 2.84 bits per heavy atom. The van der Waals surface area contributed by atoms with Crippen molar-refractivity contribution in [3.8, 4) is 5.75 Å². The fourth-order valence-electron chi connectivity index (χ4n) is 3.29. The van der Waals surface area contributed by atoms with Crippen molar-refractivity contribution in [3.63, 3.8) is 0 Å². The molecule has 6 heteroatoms. The molecular weight excluding hydrogens is 322 g/mol. The van der Waals surface area contributed by atoms with E-state index in [1.807, 2.05) is 36.4 Å². The van der Waals surface area contributed by atoms with Crippen molar-refractivity contribution in [1.82, 2.24) is 5.32 Å². The van der Waals surface area contributed by atoms with E-state index in [0.29, 0.717) is 13.0 Å². The van der Waals surface area contributed by atoms with E-state index in [2.05, 4.69) is 5.32 Å². The molecule has 1 atom stereocenters. The van der Waals surface area contributed by atoms with E-state index in [9.17, 15) is 9.59 Å². The molecule has 1 amide bonds. The topological polar surface area (TPSA) is 84.9 Å². The lowest BCUT2D eigenvalue weighted by Crippen LogP contribution is -2.51. The predicted octanol–water partition coefficient (Wildman–Crippen LogP) is 2.14. The number of hydrogen-bond donors (Lipinski definition) is 2. The van der Waals surface area contributed by atoms with Crippen LogP contribution in [-0.2, 0) is 20.7 Å². The molecule has 0 saturated carbocycles. The van der Waals surface area contributed by atoms with Gasteiger partial charge in [0.05, 0.1) is 32.1 Å². The Kier molecular flexibility index (Phi) is 4.90. The maximum Gasteiger partial charge on any atom is 0.305 e. The van der Waals surface area contributed by atoms with Gasteiger partial charge in [0, 0.05) is 6.61 Å². The van der Waals surface area contributed by atoms with Crippen LogP contribution in [0.2, 0.25) is 0 Å². The second kappa shape index (κ2) is 7.11. The minimum absolute atomic E-state index is 0.137. The highest BCUT2D eigenvalue weighted by molar-refractivity contribution is 5.91. The van der Waals surface area contributed by atoms with Gasteiger partial charge in [0.15, 0.2) is 0 Å². The van der Waals surface area contributed by atoms with Crippen molar-refractivity contribution in [3.05, 3.63) is 42.0 Å². The molecule has 6 nitrogen and oxygen atoms in total. The molecule has 2 N–H and O–H groups in total. The van der Waals surface area contributed by atoms with Crippen LogP contribution in [0, 0.1) is 0 Å². The van der Waals surface area contributed by atoms with Gasteiger partial charge in [0.1, 0.15) is 5.75 Å². The number of aliphatic carboxylic acids is 1. The highest BCUT2D eigenvalue weighted by Gasteiger charge is 2.38. The number of methoxy groups -OCH3 is 1. The summed E-state index contributed by atoms with van der Waals surface area (Å²) in [5.41, 5.74) is 0.0591. The lowest BCUT2D eigenvalue weighted by atomic mass is 9.93. The molecule has 0 radical (unpaired) electrons. The molecule has 0 aliphatic carbocycles. The number of hydrogen-bond acceptors (Lipinski definition) is 4. The molecule has 1 unspecified atom stereocenters. The Morgan fingerprint density at radius 1 is 1.32 bits per heavy atom. The van der Waals surface area contributed by atoms with E-state index in [1.165, 1.54) is 0 Å². The number of carboxylic acids is 1. The number of benzene rings is 2. The van der Waals surface area contributed by atoms with E-state index < -0.39 is 11.5 Å². The maximum atomic E-state index is 12.6. The van der Waals surface area contributed by atoms with Gasteiger partial charge in [-0.25, -0.2) is 0 Å². The third-order valence-electron chi connectivity index (χ3n) is 4.53. The van der Waals surface area contributed by atoms with Gasteiger partial charge in [-0.1, -0.05) is 24.3 Å². The maximum absolute atomic E-state index is 12.6. The van der Waals surface area contributed by atoms with Crippen LogP contribution in [0.4, 0.5) is 0 Å². The van der Waals surface area contributed by atoms with Gasteiger partial charge < -0.3 is 19.9 Å². The Balaban J connectivity index is 1.80. The Morgan fingerprint density at radius 2 is 2.16 bits per heavy atom. The van der Waals surface area contributed by atoms with Gasteiger partial charge in [-0.2, -0.15) is 0 Å². The molecule has 1 aliphatic heterocycles. The average molecular weight is 343 g/mol. The molecular formula is C19H21NO5. The standard InChI is InChI=1S/C19H21NO5/c1-24-15-6-5-13-3-2-4-14(16(13)10-15)9-17(21)20-19(11-18(22)23)7-8-25-12-19/h2-6,10H,7-9,11-12H2,1H3,(H,20,21)(H,22,23). The minimum Gasteiger partial charge on any atom is -0.497 e. The summed E-state index contributed by atoms with van der Waals surface area (Å²) in [4.78, 5) is 23.7. The van der Waals surface area contributed by atoms with Crippen LogP contribution in [-0.4, -0.2) is 42.8 Å². The SMILES string of the molecule is COc1ccc2cccc(CC(=O)NC3(CC(=O)O)CCOC3)c2c1. The van der Waals surface area contributed by atoms with Crippen LogP contribution in [0.5, 0.6) is 5.75 Å². The van der Waals surface area contributed by atoms with Gasteiger partial charge >= 0.3 is 5.97 Å².